The van der Waals surface area contributed by atoms with Crippen molar-refractivity contribution in [3.63, 3.8) is 0 Å². The number of anilines is 2. The molecule has 2 aromatic heterocycles. The Hall–Kier alpha value is -3.51. The van der Waals surface area contributed by atoms with E-state index in [4.69, 9.17) is 11.5 Å². The second-order valence-electron chi connectivity index (χ2n) is 6.50. The number of pyridine rings is 2. The van der Waals surface area contributed by atoms with Crippen LogP contribution in [0.5, 0.6) is 0 Å². The van der Waals surface area contributed by atoms with E-state index >= 15 is 0 Å². The van der Waals surface area contributed by atoms with Crippen LogP contribution in [0.2, 0.25) is 0 Å². The summed E-state index contributed by atoms with van der Waals surface area (Å²) < 4.78 is 73.1. The minimum Gasteiger partial charge on any atom is -0.459 e. The number of hydrogen-bond acceptors (Lipinski definition) is 7. The van der Waals surface area contributed by atoms with Crippen LogP contribution in [0.15, 0.2) is 29.4 Å². The van der Waals surface area contributed by atoms with Crippen molar-refractivity contribution in [1.82, 2.24) is 9.97 Å². The van der Waals surface area contributed by atoms with Gasteiger partial charge in [-0.05, 0) is 25.1 Å². The molecule has 5 N–H and O–H groups in total. The van der Waals surface area contributed by atoms with Gasteiger partial charge in [-0.15, -0.1) is 0 Å². The summed E-state index contributed by atoms with van der Waals surface area (Å²) in [4.78, 5) is 23.2. The molecular formula is C17H15F5N6O2. The molecule has 3 heterocycles. The molecule has 0 radical (unpaired) electrons. The van der Waals surface area contributed by atoms with E-state index in [0.29, 0.717) is 0 Å². The van der Waals surface area contributed by atoms with Crippen molar-refractivity contribution >= 4 is 23.4 Å². The molecule has 1 unspecified atom stereocenters. The molecular weight excluding hydrogens is 415 g/mol. The minimum absolute atomic E-state index is 0.326. The first-order valence-electron chi connectivity index (χ1n) is 8.32. The third kappa shape index (κ3) is 3.69. The molecule has 0 saturated carbocycles. The van der Waals surface area contributed by atoms with Crippen LogP contribution in [0.25, 0.3) is 0 Å². The van der Waals surface area contributed by atoms with Gasteiger partial charge in [-0.2, -0.15) is 8.78 Å². The topological polar surface area (TPSA) is 129 Å². The number of ether oxygens (including phenoxy) is 1. The Morgan fingerprint density at radius 1 is 1.30 bits per heavy atom. The van der Waals surface area contributed by atoms with E-state index in [1.807, 2.05) is 0 Å². The van der Waals surface area contributed by atoms with Gasteiger partial charge in [0.15, 0.2) is 17.8 Å². The number of nitrogens with zero attached hydrogens (tertiary/aromatic N) is 3. The maximum atomic E-state index is 14.4. The number of carbonyl (C=O) groups excluding carboxylic acids is 1. The average molecular weight is 430 g/mol. The predicted molar refractivity (Wildman–Crippen MR) is 95.6 cm³/mol. The first-order valence-corrected chi connectivity index (χ1v) is 8.32. The van der Waals surface area contributed by atoms with Gasteiger partial charge in [0.1, 0.15) is 17.3 Å². The number of halogens is 5. The quantitative estimate of drug-likeness (QED) is 0.640. The number of alkyl halides is 4. The van der Waals surface area contributed by atoms with Gasteiger partial charge in [0.2, 0.25) is 0 Å². The molecule has 3 rings (SSSR count). The third-order valence-electron chi connectivity index (χ3n) is 4.40. The number of carbonyl (C=O) groups is 1. The van der Waals surface area contributed by atoms with E-state index in [0.717, 1.165) is 31.3 Å². The Morgan fingerprint density at radius 3 is 2.63 bits per heavy atom. The van der Waals surface area contributed by atoms with Crippen molar-refractivity contribution in [2.75, 3.05) is 17.7 Å². The van der Waals surface area contributed by atoms with Gasteiger partial charge < -0.3 is 21.5 Å². The van der Waals surface area contributed by atoms with Crippen LogP contribution in [-0.4, -0.2) is 34.4 Å². The highest BCUT2D eigenvalue weighted by Gasteiger charge is 2.57. The molecule has 1 amide bonds. The largest absolute Gasteiger partial charge is 0.459 e. The lowest BCUT2D eigenvalue weighted by Gasteiger charge is -2.36. The summed E-state index contributed by atoms with van der Waals surface area (Å²) in [6, 6.07) is 2.11. The van der Waals surface area contributed by atoms with Crippen molar-refractivity contribution in [1.29, 1.82) is 0 Å². The van der Waals surface area contributed by atoms with E-state index in [1.54, 1.807) is 0 Å². The van der Waals surface area contributed by atoms with Gasteiger partial charge >= 0.3 is 5.92 Å². The van der Waals surface area contributed by atoms with Crippen LogP contribution in [0, 0.1) is 5.82 Å². The van der Waals surface area contributed by atoms with Crippen LogP contribution in [0.3, 0.4) is 0 Å². The van der Waals surface area contributed by atoms with Gasteiger partial charge in [0.25, 0.3) is 18.4 Å². The normalized spacial score (nSPS) is 20.4. The molecule has 1 atom stereocenters. The first-order chi connectivity index (χ1) is 13.9. The Labute approximate surface area is 166 Å². The smallest absolute Gasteiger partial charge is 0.311 e. The van der Waals surface area contributed by atoms with Gasteiger partial charge in [0.05, 0.1) is 5.69 Å². The number of nitrogens with two attached hydrogens (primary N) is 2. The number of aliphatic imine (C=N–C) groups is 1. The molecule has 0 bridgehead atoms. The SMILES string of the molecule is CC1(c2nc(NC(=O)c3ncc(C(F)F)cc3N)ccc2F)N=C(N)OCC1(F)F. The Morgan fingerprint density at radius 2 is 2.00 bits per heavy atom. The summed E-state index contributed by atoms with van der Waals surface area (Å²) in [5, 5.41) is 2.21. The van der Waals surface area contributed by atoms with Crippen molar-refractivity contribution in [3.05, 3.63) is 47.2 Å². The van der Waals surface area contributed by atoms with E-state index in [1.165, 1.54) is 0 Å². The maximum absolute atomic E-state index is 14.4. The fourth-order valence-electron chi connectivity index (χ4n) is 2.70. The lowest BCUT2D eigenvalue weighted by molar-refractivity contribution is -0.118. The molecule has 8 nitrogen and oxygen atoms in total. The fourth-order valence-corrected chi connectivity index (χ4v) is 2.70. The highest BCUT2D eigenvalue weighted by molar-refractivity contribution is 6.05. The van der Waals surface area contributed by atoms with Gasteiger partial charge in [-0.25, -0.2) is 28.1 Å². The van der Waals surface area contributed by atoms with Crippen molar-refractivity contribution < 1.29 is 31.5 Å². The number of amides is 1. The number of nitrogens with one attached hydrogen (secondary N) is 1. The predicted octanol–water partition coefficient (Wildman–Crippen LogP) is 2.58. The molecule has 1 aliphatic rings. The summed E-state index contributed by atoms with van der Waals surface area (Å²) in [6.07, 6.45) is -2.08. The van der Waals surface area contributed by atoms with Crippen LogP contribution in [0.1, 0.15) is 35.1 Å². The van der Waals surface area contributed by atoms with Crippen LogP contribution in [-0.2, 0) is 10.3 Å². The molecule has 0 aliphatic carbocycles. The summed E-state index contributed by atoms with van der Waals surface area (Å²) in [5.41, 5.74) is 6.41. The third-order valence-corrected chi connectivity index (χ3v) is 4.40. The summed E-state index contributed by atoms with van der Waals surface area (Å²) in [7, 11) is 0. The minimum atomic E-state index is -3.66. The van der Waals surface area contributed by atoms with E-state index in [-0.39, 0.29) is 11.5 Å². The molecule has 160 valence electrons. The summed E-state index contributed by atoms with van der Waals surface area (Å²) in [5.74, 6) is -6.07. The van der Waals surface area contributed by atoms with Crippen LogP contribution >= 0.6 is 0 Å². The number of amidine groups is 1. The second kappa shape index (κ2) is 7.39. The average Bonchev–Trinajstić information content (AvgIpc) is 2.66. The van der Waals surface area contributed by atoms with E-state index < -0.39 is 59.2 Å². The lowest BCUT2D eigenvalue weighted by atomic mass is 9.89. The van der Waals surface area contributed by atoms with Gasteiger partial charge in [-0.1, -0.05) is 0 Å². The van der Waals surface area contributed by atoms with Crippen molar-refractivity contribution in [2.45, 2.75) is 24.8 Å². The zero-order chi connectivity index (χ0) is 22.3. The van der Waals surface area contributed by atoms with E-state index in [9.17, 15) is 26.7 Å². The van der Waals surface area contributed by atoms with Gasteiger partial charge in [0, 0.05) is 11.8 Å². The molecule has 0 saturated heterocycles. The molecule has 13 heteroatoms. The van der Waals surface area contributed by atoms with Gasteiger partial charge in [-0.3, -0.25) is 4.79 Å². The second-order valence-corrected chi connectivity index (χ2v) is 6.50. The monoisotopic (exact) mass is 430 g/mol. The lowest BCUT2D eigenvalue weighted by Crippen LogP contribution is -2.51. The summed E-state index contributed by atoms with van der Waals surface area (Å²) >= 11 is 0. The van der Waals surface area contributed by atoms with Crippen LogP contribution in [0.4, 0.5) is 33.5 Å². The highest BCUT2D eigenvalue weighted by atomic mass is 19.3. The summed E-state index contributed by atoms with van der Waals surface area (Å²) in [6.45, 7) is -0.227. The number of hydrogen-bond donors (Lipinski definition) is 3. The Bertz CT molecular complexity index is 1030. The number of rotatable bonds is 4. The molecule has 0 fully saturated rings. The maximum Gasteiger partial charge on any atom is 0.311 e. The molecule has 30 heavy (non-hydrogen) atoms. The first kappa shape index (κ1) is 21.2. The van der Waals surface area contributed by atoms with E-state index in [2.05, 4.69) is 25.0 Å². The molecule has 0 spiro atoms. The van der Waals surface area contributed by atoms with Crippen molar-refractivity contribution in [2.24, 2.45) is 10.7 Å². The Kier molecular flexibility index (Phi) is 5.22. The number of aromatic nitrogens is 2. The van der Waals surface area contributed by atoms with Crippen LogP contribution < -0.4 is 16.8 Å². The zero-order valence-corrected chi connectivity index (χ0v) is 15.3. The molecule has 0 aromatic carbocycles. The highest BCUT2D eigenvalue weighted by Crippen LogP contribution is 2.43. The molecule has 1 aliphatic heterocycles. The van der Waals surface area contributed by atoms with Crippen molar-refractivity contribution in [3.8, 4) is 0 Å². The standard InChI is InChI=1S/C17H15F5N6O2/c1-16(17(21,22)6-30-15(24)28-16)12-8(18)2-3-10(26-12)27-14(29)11-9(23)4-7(5-25-11)13(19)20/h2-5,13H,6,23H2,1H3,(H2,24,28)(H,26,27,29). The zero-order valence-electron chi connectivity index (χ0n) is 15.3. The Balaban J connectivity index is 1.95. The fraction of sp³-hybridized carbons (Fsp3) is 0.294. The molecule has 2 aromatic rings. The number of nitrogen functional groups attached to an aromatic ring is 1.